The molecule has 5 rings (SSSR count). The molecule has 1 aromatic carbocycles. The Bertz CT molecular complexity index is 969. The molecule has 4 heteroatoms. The number of rotatable bonds is 5. The number of hydrogen-bond acceptors (Lipinski definition) is 2. The second-order valence-corrected chi connectivity index (χ2v) is 8.09. The summed E-state index contributed by atoms with van der Waals surface area (Å²) in [5.41, 5.74) is 7.43. The van der Waals surface area contributed by atoms with Crippen LogP contribution in [0, 0.1) is 6.92 Å². The molecule has 1 aliphatic heterocycles. The molecule has 3 nitrogen and oxygen atoms in total. The van der Waals surface area contributed by atoms with Crippen molar-refractivity contribution in [3.63, 3.8) is 0 Å². The standard InChI is InChI=1S/C23H26FN3/c1-16-2-7-22-20(12-16)21-15-26(19-5-6-19)10-9-23(21)27(22)11-8-17-3-4-18(13-24)25-14-17/h2-4,7,12,14,19H,5-6,8-11,13,15H2,1H3. The number of aryl methyl sites for hydroxylation is 3. The predicted octanol–water partition coefficient (Wildman–Crippen LogP) is 4.58. The first-order chi connectivity index (χ1) is 13.2. The van der Waals surface area contributed by atoms with Crippen LogP contribution in [0.4, 0.5) is 4.39 Å². The van der Waals surface area contributed by atoms with Crippen molar-refractivity contribution >= 4 is 10.9 Å². The van der Waals surface area contributed by atoms with E-state index >= 15 is 0 Å². The van der Waals surface area contributed by atoms with Gasteiger partial charge in [-0.3, -0.25) is 9.88 Å². The van der Waals surface area contributed by atoms with E-state index in [4.69, 9.17) is 0 Å². The lowest BCUT2D eigenvalue weighted by atomic mass is 10.0. The first-order valence-corrected chi connectivity index (χ1v) is 10.1. The average Bonchev–Trinajstić information content (AvgIpc) is 3.51. The van der Waals surface area contributed by atoms with Crippen LogP contribution >= 0.6 is 0 Å². The van der Waals surface area contributed by atoms with Gasteiger partial charge < -0.3 is 4.57 Å². The first-order valence-electron chi connectivity index (χ1n) is 10.1. The van der Waals surface area contributed by atoms with E-state index in [2.05, 4.69) is 39.6 Å². The fourth-order valence-corrected chi connectivity index (χ4v) is 4.51. The summed E-state index contributed by atoms with van der Waals surface area (Å²) >= 11 is 0. The van der Waals surface area contributed by atoms with Crippen molar-refractivity contribution in [1.29, 1.82) is 0 Å². The van der Waals surface area contributed by atoms with Gasteiger partial charge in [-0.15, -0.1) is 0 Å². The van der Waals surface area contributed by atoms with Gasteiger partial charge in [-0.25, -0.2) is 4.39 Å². The molecule has 0 N–H and O–H groups in total. The minimum absolute atomic E-state index is 0.493. The monoisotopic (exact) mass is 363 g/mol. The summed E-state index contributed by atoms with van der Waals surface area (Å²) in [6, 6.07) is 11.5. The summed E-state index contributed by atoms with van der Waals surface area (Å²) in [4.78, 5) is 6.88. The molecule has 3 heterocycles. The zero-order valence-corrected chi connectivity index (χ0v) is 15.9. The van der Waals surface area contributed by atoms with Crippen molar-refractivity contribution in [2.75, 3.05) is 6.54 Å². The van der Waals surface area contributed by atoms with Crippen LogP contribution in [-0.4, -0.2) is 27.0 Å². The lowest BCUT2D eigenvalue weighted by Gasteiger charge is -2.28. The molecule has 0 atom stereocenters. The quantitative estimate of drug-likeness (QED) is 0.662. The highest BCUT2D eigenvalue weighted by Gasteiger charge is 2.33. The Hall–Kier alpha value is -2.20. The average molecular weight is 363 g/mol. The lowest BCUT2D eigenvalue weighted by molar-refractivity contribution is 0.241. The Morgan fingerprint density at radius 3 is 2.81 bits per heavy atom. The maximum Gasteiger partial charge on any atom is 0.131 e. The van der Waals surface area contributed by atoms with Gasteiger partial charge in [0, 0.05) is 54.9 Å². The van der Waals surface area contributed by atoms with Crippen molar-refractivity contribution in [2.24, 2.45) is 0 Å². The number of aromatic nitrogens is 2. The normalized spacial score (nSPS) is 17.4. The molecular weight excluding hydrogens is 337 g/mol. The van der Waals surface area contributed by atoms with Crippen LogP contribution in [0.2, 0.25) is 0 Å². The number of fused-ring (bicyclic) bond motifs is 3. The fraction of sp³-hybridized carbons (Fsp3) is 0.435. The van der Waals surface area contributed by atoms with Crippen molar-refractivity contribution in [2.45, 2.75) is 58.4 Å². The molecule has 0 radical (unpaired) electrons. The van der Waals surface area contributed by atoms with Crippen molar-refractivity contribution in [3.05, 3.63) is 64.6 Å². The topological polar surface area (TPSA) is 21.1 Å². The number of hydrogen-bond donors (Lipinski definition) is 0. The third-order valence-electron chi connectivity index (χ3n) is 6.15. The summed E-state index contributed by atoms with van der Waals surface area (Å²) in [5.74, 6) is 0. The summed E-state index contributed by atoms with van der Waals surface area (Å²) in [6.07, 6.45) is 6.63. The van der Waals surface area contributed by atoms with E-state index in [1.165, 1.54) is 52.7 Å². The largest absolute Gasteiger partial charge is 0.344 e. The van der Waals surface area contributed by atoms with Gasteiger partial charge in [-0.2, -0.15) is 0 Å². The molecule has 1 fully saturated rings. The Kier molecular flexibility index (Phi) is 4.24. The fourth-order valence-electron chi connectivity index (χ4n) is 4.51. The molecule has 27 heavy (non-hydrogen) atoms. The summed E-state index contributed by atoms with van der Waals surface area (Å²) in [7, 11) is 0. The highest BCUT2D eigenvalue weighted by atomic mass is 19.1. The van der Waals surface area contributed by atoms with Gasteiger partial charge in [0.05, 0.1) is 5.69 Å². The van der Waals surface area contributed by atoms with Crippen molar-refractivity contribution in [1.82, 2.24) is 14.5 Å². The van der Waals surface area contributed by atoms with E-state index in [0.717, 1.165) is 32.0 Å². The van der Waals surface area contributed by atoms with Gasteiger partial charge in [-0.1, -0.05) is 17.7 Å². The van der Waals surface area contributed by atoms with Crippen LogP contribution in [0.25, 0.3) is 10.9 Å². The van der Waals surface area contributed by atoms with E-state index in [1.807, 2.05) is 12.3 Å². The van der Waals surface area contributed by atoms with Crippen LogP contribution in [0.3, 0.4) is 0 Å². The predicted molar refractivity (Wildman–Crippen MR) is 107 cm³/mol. The molecule has 0 bridgehead atoms. The molecule has 1 aliphatic carbocycles. The number of benzene rings is 1. The number of nitrogens with zero attached hydrogens (tertiary/aromatic N) is 3. The maximum absolute atomic E-state index is 12.7. The minimum atomic E-state index is -0.493. The SMILES string of the molecule is Cc1ccc2c(c1)c1c(n2CCc2ccc(CF)nc2)CCN(C2CC2)C1. The molecule has 0 amide bonds. The highest BCUT2D eigenvalue weighted by Crippen LogP contribution is 2.36. The third kappa shape index (κ3) is 3.16. The van der Waals surface area contributed by atoms with Crippen molar-refractivity contribution < 1.29 is 4.39 Å². The Labute approximate surface area is 159 Å². The molecule has 0 saturated heterocycles. The molecule has 3 aromatic rings. The number of halogens is 1. The van der Waals surface area contributed by atoms with Gasteiger partial charge in [0.15, 0.2) is 0 Å². The minimum Gasteiger partial charge on any atom is -0.344 e. The van der Waals surface area contributed by atoms with Gasteiger partial charge in [-0.05, 0) is 55.5 Å². The van der Waals surface area contributed by atoms with Crippen LogP contribution in [0.15, 0.2) is 36.5 Å². The van der Waals surface area contributed by atoms with E-state index in [-0.39, 0.29) is 0 Å². The maximum atomic E-state index is 12.7. The molecule has 2 aromatic heterocycles. The van der Waals surface area contributed by atoms with Gasteiger partial charge in [0.25, 0.3) is 0 Å². The molecular formula is C23H26FN3. The zero-order valence-electron chi connectivity index (χ0n) is 15.9. The zero-order chi connectivity index (χ0) is 18.4. The third-order valence-corrected chi connectivity index (χ3v) is 6.15. The van der Waals surface area contributed by atoms with Gasteiger partial charge >= 0.3 is 0 Å². The summed E-state index contributed by atoms with van der Waals surface area (Å²) in [6.45, 7) is 4.92. The molecule has 140 valence electrons. The van der Waals surface area contributed by atoms with Crippen LogP contribution in [0.5, 0.6) is 0 Å². The van der Waals surface area contributed by atoms with Crippen LogP contribution in [-0.2, 0) is 32.6 Å². The van der Waals surface area contributed by atoms with E-state index < -0.39 is 6.67 Å². The van der Waals surface area contributed by atoms with E-state index in [0.29, 0.717) is 5.69 Å². The van der Waals surface area contributed by atoms with Gasteiger partial charge in [0.2, 0.25) is 0 Å². The number of pyridine rings is 1. The molecule has 0 spiro atoms. The van der Waals surface area contributed by atoms with E-state index in [1.54, 1.807) is 6.07 Å². The second-order valence-electron chi connectivity index (χ2n) is 8.09. The molecule has 2 aliphatic rings. The van der Waals surface area contributed by atoms with Crippen LogP contribution in [0.1, 0.15) is 40.9 Å². The highest BCUT2D eigenvalue weighted by molar-refractivity contribution is 5.86. The van der Waals surface area contributed by atoms with Crippen molar-refractivity contribution in [3.8, 4) is 0 Å². The Morgan fingerprint density at radius 1 is 1.19 bits per heavy atom. The lowest BCUT2D eigenvalue weighted by Crippen LogP contribution is -2.32. The Balaban J connectivity index is 1.47. The summed E-state index contributed by atoms with van der Waals surface area (Å²) in [5, 5.41) is 1.43. The summed E-state index contributed by atoms with van der Waals surface area (Å²) < 4.78 is 15.2. The van der Waals surface area contributed by atoms with E-state index in [9.17, 15) is 4.39 Å². The second kappa shape index (κ2) is 6.75. The van der Waals surface area contributed by atoms with Gasteiger partial charge in [0.1, 0.15) is 6.67 Å². The van der Waals surface area contributed by atoms with Crippen LogP contribution < -0.4 is 0 Å². The smallest absolute Gasteiger partial charge is 0.131 e. The molecule has 1 saturated carbocycles. The first kappa shape index (κ1) is 16.9. The number of alkyl halides is 1. The Morgan fingerprint density at radius 2 is 2.07 bits per heavy atom. The molecule has 0 unspecified atom stereocenters.